The number of ether oxygens (including phenoxy) is 1. The lowest BCUT2D eigenvalue weighted by Crippen LogP contribution is -2.30. The number of hydrogen-bond donors (Lipinski definition) is 0. The second-order valence-corrected chi connectivity index (χ2v) is 5.51. The number of cyclic esters (lactones) is 1. The molecule has 17 heavy (non-hydrogen) atoms. The van der Waals surface area contributed by atoms with E-state index < -0.39 is 6.04 Å². The summed E-state index contributed by atoms with van der Waals surface area (Å²) in [5.41, 5.74) is 0.411. The van der Waals surface area contributed by atoms with E-state index in [4.69, 9.17) is 16.3 Å². The van der Waals surface area contributed by atoms with Crippen LogP contribution in [-0.2, 0) is 9.53 Å². The van der Waals surface area contributed by atoms with Crippen molar-refractivity contribution in [2.75, 3.05) is 0 Å². The zero-order valence-electron chi connectivity index (χ0n) is 10.0. The van der Waals surface area contributed by atoms with Crippen molar-refractivity contribution in [3.63, 3.8) is 0 Å². The van der Waals surface area contributed by atoms with E-state index in [0.29, 0.717) is 16.5 Å². The van der Waals surface area contributed by atoms with Crippen molar-refractivity contribution in [3.05, 3.63) is 34.9 Å². The molecule has 1 aliphatic rings. The lowest BCUT2D eigenvalue weighted by Gasteiger charge is -2.20. The molecule has 0 spiro atoms. The maximum atomic E-state index is 11.7. The van der Waals surface area contributed by atoms with Crippen LogP contribution >= 0.6 is 11.6 Å². The number of carbonyl (C=O) groups is 1. The molecule has 0 radical (unpaired) electrons. The zero-order chi connectivity index (χ0) is 12.6. The molecule has 1 heterocycles. The standard InChI is InChI=1S/C13H14ClNO2/c1-13(2,3)10-12(16)17-11(15-10)8-6-4-5-7-9(8)14/h4-7,10H,1-3H3. The molecule has 0 bridgehead atoms. The van der Waals surface area contributed by atoms with Crippen molar-refractivity contribution in [2.45, 2.75) is 26.8 Å². The topological polar surface area (TPSA) is 38.7 Å². The van der Waals surface area contributed by atoms with Gasteiger partial charge in [0.05, 0.1) is 10.6 Å². The molecule has 0 N–H and O–H groups in total. The molecule has 0 aromatic heterocycles. The van der Waals surface area contributed by atoms with Gasteiger partial charge in [-0.05, 0) is 17.5 Å². The Bertz CT molecular complexity index is 488. The molecular weight excluding hydrogens is 238 g/mol. The van der Waals surface area contributed by atoms with Crippen LogP contribution in [0.3, 0.4) is 0 Å². The van der Waals surface area contributed by atoms with Gasteiger partial charge in [0, 0.05) is 0 Å². The minimum absolute atomic E-state index is 0.250. The zero-order valence-corrected chi connectivity index (χ0v) is 10.8. The van der Waals surface area contributed by atoms with Gasteiger partial charge in [0.1, 0.15) is 0 Å². The highest BCUT2D eigenvalue weighted by molar-refractivity contribution is 6.34. The van der Waals surface area contributed by atoms with Crippen LogP contribution in [0.4, 0.5) is 0 Å². The molecule has 90 valence electrons. The Morgan fingerprint density at radius 3 is 2.47 bits per heavy atom. The van der Waals surface area contributed by atoms with Gasteiger partial charge in [-0.3, -0.25) is 0 Å². The third-order valence-electron chi connectivity index (χ3n) is 2.59. The number of aliphatic imine (C=N–C) groups is 1. The Morgan fingerprint density at radius 1 is 1.29 bits per heavy atom. The van der Waals surface area contributed by atoms with Crippen LogP contribution in [0.25, 0.3) is 0 Å². The Balaban J connectivity index is 2.37. The number of hydrogen-bond acceptors (Lipinski definition) is 3. The summed E-state index contributed by atoms with van der Waals surface area (Å²) in [6, 6.07) is 6.73. The molecule has 1 aliphatic heterocycles. The molecule has 3 nitrogen and oxygen atoms in total. The summed E-state index contributed by atoms with van der Waals surface area (Å²) in [5.74, 6) is 0.00736. The number of esters is 1. The highest BCUT2D eigenvalue weighted by atomic mass is 35.5. The van der Waals surface area contributed by atoms with Gasteiger partial charge in [-0.1, -0.05) is 44.5 Å². The van der Waals surface area contributed by atoms with Gasteiger partial charge in [-0.25, -0.2) is 9.79 Å². The predicted octanol–water partition coefficient (Wildman–Crippen LogP) is 3.06. The van der Waals surface area contributed by atoms with Crippen molar-refractivity contribution in [3.8, 4) is 0 Å². The average Bonchev–Trinajstić information content (AvgIpc) is 2.60. The van der Waals surface area contributed by atoms with E-state index in [0.717, 1.165) is 0 Å². The first-order valence-electron chi connectivity index (χ1n) is 5.44. The van der Waals surface area contributed by atoms with Crippen LogP contribution in [-0.4, -0.2) is 17.9 Å². The molecule has 0 amide bonds. The SMILES string of the molecule is CC(C)(C)C1N=C(c2ccccc2Cl)OC1=O. The molecule has 0 aliphatic carbocycles. The summed E-state index contributed by atoms with van der Waals surface area (Å²) < 4.78 is 5.19. The van der Waals surface area contributed by atoms with Crippen LogP contribution in [0.5, 0.6) is 0 Å². The molecular formula is C13H14ClNO2. The van der Waals surface area contributed by atoms with E-state index in [1.54, 1.807) is 12.1 Å². The minimum Gasteiger partial charge on any atom is -0.405 e. The Kier molecular flexibility index (Phi) is 2.96. The van der Waals surface area contributed by atoms with Gasteiger partial charge in [0.2, 0.25) is 5.90 Å². The first kappa shape index (κ1) is 12.1. The lowest BCUT2D eigenvalue weighted by atomic mass is 9.87. The minimum atomic E-state index is -0.464. The van der Waals surface area contributed by atoms with Crippen LogP contribution in [0, 0.1) is 5.41 Å². The predicted molar refractivity (Wildman–Crippen MR) is 67.3 cm³/mol. The van der Waals surface area contributed by atoms with E-state index in [-0.39, 0.29) is 11.4 Å². The fourth-order valence-corrected chi connectivity index (χ4v) is 1.87. The molecule has 1 aromatic rings. The van der Waals surface area contributed by atoms with E-state index in [9.17, 15) is 4.79 Å². The molecule has 0 saturated heterocycles. The Labute approximate surface area is 105 Å². The maximum absolute atomic E-state index is 11.7. The summed E-state index contributed by atoms with van der Waals surface area (Å²) in [7, 11) is 0. The highest BCUT2D eigenvalue weighted by Gasteiger charge is 2.39. The number of benzene rings is 1. The first-order chi connectivity index (χ1) is 7.89. The summed E-state index contributed by atoms with van der Waals surface area (Å²) in [6.07, 6.45) is 0. The lowest BCUT2D eigenvalue weighted by molar-refractivity contribution is -0.137. The van der Waals surface area contributed by atoms with Crippen molar-refractivity contribution >= 4 is 23.5 Å². The van der Waals surface area contributed by atoms with Gasteiger partial charge >= 0.3 is 5.97 Å². The number of carbonyl (C=O) groups excluding carboxylic acids is 1. The van der Waals surface area contributed by atoms with Crippen molar-refractivity contribution < 1.29 is 9.53 Å². The van der Waals surface area contributed by atoms with Crippen LogP contribution in [0.15, 0.2) is 29.3 Å². The quantitative estimate of drug-likeness (QED) is 0.720. The van der Waals surface area contributed by atoms with Crippen molar-refractivity contribution in [2.24, 2.45) is 10.4 Å². The second kappa shape index (κ2) is 4.15. The molecule has 0 fully saturated rings. The smallest absolute Gasteiger partial charge is 0.338 e. The summed E-state index contributed by atoms with van der Waals surface area (Å²) in [6.45, 7) is 5.87. The van der Waals surface area contributed by atoms with Crippen LogP contribution in [0.1, 0.15) is 26.3 Å². The van der Waals surface area contributed by atoms with E-state index in [1.165, 1.54) is 0 Å². The monoisotopic (exact) mass is 251 g/mol. The molecule has 1 unspecified atom stereocenters. The third kappa shape index (κ3) is 2.34. The fraction of sp³-hybridized carbons (Fsp3) is 0.385. The highest BCUT2D eigenvalue weighted by Crippen LogP contribution is 2.29. The normalized spacial score (nSPS) is 20.1. The van der Waals surface area contributed by atoms with E-state index in [2.05, 4.69) is 4.99 Å². The Hall–Kier alpha value is -1.35. The number of nitrogens with zero attached hydrogens (tertiary/aromatic N) is 1. The van der Waals surface area contributed by atoms with Gasteiger partial charge in [0.15, 0.2) is 6.04 Å². The average molecular weight is 252 g/mol. The molecule has 4 heteroatoms. The molecule has 1 atom stereocenters. The van der Waals surface area contributed by atoms with Gasteiger partial charge < -0.3 is 4.74 Å². The van der Waals surface area contributed by atoms with Crippen LogP contribution in [0.2, 0.25) is 5.02 Å². The maximum Gasteiger partial charge on any atom is 0.338 e. The first-order valence-corrected chi connectivity index (χ1v) is 5.82. The summed E-state index contributed by atoms with van der Waals surface area (Å²) >= 11 is 6.04. The van der Waals surface area contributed by atoms with Crippen molar-refractivity contribution in [1.82, 2.24) is 0 Å². The van der Waals surface area contributed by atoms with E-state index >= 15 is 0 Å². The van der Waals surface area contributed by atoms with Gasteiger partial charge in [-0.2, -0.15) is 0 Å². The second-order valence-electron chi connectivity index (χ2n) is 5.10. The third-order valence-corrected chi connectivity index (χ3v) is 2.92. The molecule has 1 aromatic carbocycles. The van der Waals surface area contributed by atoms with Crippen LogP contribution < -0.4 is 0 Å². The van der Waals surface area contributed by atoms with Crippen molar-refractivity contribution in [1.29, 1.82) is 0 Å². The number of rotatable bonds is 1. The molecule has 0 saturated carbocycles. The molecule has 2 rings (SSSR count). The largest absolute Gasteiger partial charge is 0.405 e. The fourth-order valence-electron chi connectivity index (χ4n) is 1.65. The number of halogens is 1. The van der Waals surface area contributed by atoms with Gasteiger partial charge in [0.25, 0.3) is 0 Å². The van der Waals surface area contributed by atoms with Gasteiger partial charge in [-0.15, -0.1) is 0 Å². The summed E-state index contributed by atoms with van der Waals surface area (Å²) in [5, 5.41) is 0.536. The summed E-state index contributed by atoms with van der Waals surface area (Å²) in [4.78, 5) is 16.1. The van der Waals surface area contributed by atoms with E-state index in [1.807, 2.05) is 32.9 Å². The Morgan fingerprint density at radius 2 is 1.94 bits per heavy atom.